The van der Waals surface area contributed by atoms with Gasteiger partial charge in [0.2, 0.25) is 0 Å². The van der Waals surface area contributed by atoms with Gasteiger partial charge in [-0.2, -0.15) is 0 Å². The van der Waals surface area contributed by atoms with Gasteiger partial charge in [-0.25, -0.2) is 4.98 Å². The van der Waals surface area contributed by atoms with Crippen molar-refractivity contribution in [1.82, 2.24) is 14.9 Å². The van der Waals surface area contributed by atoms with E-state index in [1.807, 2.05) is 0 Å². The molecule has 3 nitrogen and oxygen atoms in total. The van der Waals surface area contributed by atoms with E-state index in [-0.39, 0.29) is 5.41 Å². The second kappa shape index (κ2) is 4.21. The molecule has 0 aromatic carbocycles. The van der Waals surface area contributed by atoms with Crippen LogP contribution >= 0.6 is 0 Å². The third-order valence-corrected chi connectivity index (χ3v) is 3.27. The number of aryl methyl sites for hydroxylation is 2. The Balaban J connectivity index is 2.39. The second-order valence-corrected chi connectivity index (χ2v) is 5.74. The van der Waals surface area contributed by atoms with E-state index in [1.54, 1.807) is 0 Å². The largest absolute Gasteiger partial charge is 0.333 e. The van der Waals surface area contributed by atoms with E-state index in [4.69, 9.17) is 4.98 Å². The van der Waals surface area contributed by atoms with E-state index in [0.29, 0.717) is 6.04 Å². The molecule has 2 rings (SSSR count). The summed E-state index contributed by atoms with van der Waals surface area (Å²) in [6.07, 6.45) is 4.44. The van der Waals surface area contributed by atoms with E-state index in [2.05, 4.69) is 43.8 Å². The molecule has 0 bridgehead atoms. The summed E-state index contributed by atoms with van der Waals surface area (Å²) in [6.45, 7) is 11.2. The highest BCUT2D eigenvalue weighted by molar-refractivity contribution is 5.11. The van der Waals surface area contributed by atoms with Crippen LogP contribution in [0, 0.1) is 5.41 Å². The Morgan fingerprint density at radius 3 is 2.88 bits per heavy atom. The lowest BCUT2D eigenvalue weighted by Crippen LogP contribution is -2.33. The maximum atomic E-state index is 4.78. The molecular weight excluding hydrogens is 198 g/mol. The maximum Gasteiger partial charge on any atom is 0.126 e. The van der Waals surface area contributed by atoms with E-state index in [9.17, 15) is 0 Å². The number of nitrogens with one attached hydrogen (secondary N) is 1. The number of nitrogens with zero attached hydrogens (tertiary/aromatic N) is 2. The lowest BCUT2D eigenvalue weighted by atomic mass is 9.86. The number of imidazole rings is 1. The molecule has 0 amide bonds. The highest BCUT2D eigenvalue weighted by atomic mass is 15.1. The minimum Gasteiger partial charge on any atom is -0.333 e. The van der Waals surface area contributed by atoms with Crippen LogP contribution in [0.3, 0.4) is 0 Å². The predicted octanol–water partition coefficient (Wildman–Crippen LogP) is 2.53. The molecule has 1 aliphatic heterocycles. The van der Waals surface area contributed by atoms with Gasteiger partial charge in [-0.15, -0.1) is 0 Å². The number of aromatic nitrogens is 2. The van der Waals surface area contributed by atoms with E-state index in [0.717, 1.165) is 19.5 Å². The lowest BCUT2D eigenvalue weighted by molar-refractivity contribution is 0.266. The zero-order valence-corrected chi connectivity index (χ0v) is 10.9. The first kappa shape index (κ1) is 11.6. The molecule has 90 valence electrons. The molecule has 0 saturated heterocycles. The fraction of sp³-hybridized carbons (Fsp3) is 0.769. The number of rotatable bonds is 1. The summed E-state index contributed by atoms with van der Waals surface area (Å²) in [7, 11) is 0. The molecule has 0 saturated carbocycles. The zero-order valence-electron chi connectivity index (χ0n) is 10.9. The van der Waals surface area contributed by atoms with Crippen molar-refractivity contribution in [2.75, 3.05) is 6.54 Å². The topological polar surface area (TPSA) is 29.9 Å². The average molecular weight is 221 g/mol. The smallest absolute Gasteiger partial charge is 0.126 e. The molecular formula is C13H23N3. The average Bonchev–Trinajstić information content (AvgIpc) is 2.49. The van der Waals surface area contributed by atoms with Gasteiger partial charge in [-0.1, -0.05) is 27.7 Å². The van der Waals surface area contributed by atoms with Crippen molar-refractivity contribution in [3.63, 3.8) is 0 Å². The summed E-state index contributed by atoms with van der Waals surface area (Å²) in [5, 5.41) is 3.63. The molecule has 1 aromatic heterocycles. The second-order valence-electron chi connectivity index (χ2n) is 5.74. The van der Waals surface area contributed by atoms with Gasteiger partial charge in [-0.05, 0) is 24.8 Å². The van der Waals surface area contributed by atoms with Gasteiger partial charge in [-0.3, -0.25) is 0 Å². The number of hydrogen-bond donors (Lipinski definition) is 1. The molecule has 0 aliphatic carbocycles. The van der Waals surface area contributed by atoms with Crippen LogP contribution in [-0.4, -0.2) is 16.1 Å². The van der Waals surface area contributed by atoms with E-state index < -0.39 is 0 Å². The molecule has 16 heavy (non-hydrogen) atoms. The first-order valence-corrected chi connectivity index (χ1v) is 6.31. The molecule has 0 unspecified atom stereocenters. The molecule has 3 heteroatoms. The van der Waals surface area contributed by atoms with Crippen LogP contribution < -0.4 is 5.32 Å². The summed E-state index contributed by atoms with van der Waals surface area (Å²) in [5.74, 6) is 1.22. The highest BCUT2D eigenvalue weighted by Gasteiger charge is 2.31. The Morgan fingerprint density at radius 1 is 1.50 bits per heavy atom. The van der Waals surface area contributed by atoms with Gasteiger partial charge in [0.1, 0.15) is 5.82 Å². The first-order valence-electron chi connectivity index (χ1n) is 6.31. The van der Waals surface area contributed by atoms with Gasteiger partial charge < -0.3 is 9.88 Å². The molecule has 2 heterocycles. The van der Waals surface area contributed by atoms with Crippen molar-refractivity contribution in [3.8, 4) is 0 Å². The van der Waals surface area contributed by atoms with Crippen molar-refractivity contribution < 1.29 is 0 Å². The maximum absolute atomic E-state index is 4.78. The molecule has 0 spiro atoms. The van der Waals surface area contributed by atoms with Crippen molar-refractivity contribution in [1.29, 1.82) is 0 Å². The summed E-state index contributed by atoms with van der Waals surface area (Å²) < 4.78 is 2.34. The van der Waals surface area contributed by atoms with Crippen LogP contribution in [0.2, 0.25) is 0 Å². The quantitative estimate of drug-likeness (QED) is 0.789. The standard InChI is InChI=1S/C13H23N3/c1-5-10-9-16-8-6-7-14-11(12(16)15-10)13(2,3)4/h9,11,14H,5-8H2,1-4H3/t11-/m0/s1. The minimum absolute atomic E-state index is 0.221. The highest BCUT2D eigenvalue weighted by Crippen LogP contribution is 2.33. The van der Waals surface area contributed by atoms with Gasteiger partial charge in [0.15, 0.2) is 0 Å². The Hall–Kier alpha value is -0.830. The van der Waals surface area contributed by atoms with Crippen LogP contribution in [0.25, 0.3) is 0 Å². The fourth-order valence-corrected chi connectivity index (χ4v) is 2.35. The van der Waals surface area contributed by atoms with Crippen LogP contribution in [0.5, 0.6) is 0 Å². The molecule has 1 atom stereocenters. The molecule has 0 fully saturated rings. The first-order chi connectivity index (χ1) is 7.52. The van der Waals surface area contributed by atoms with Gasteiger partial charge in [0, 0.05) is 12.7 Å². The van der Waals surface area contributed by atoms with Crippen molar-refractivity contribution in [3.05, 3.63) is 17.7 Å². The van der Waals surface area contributed by atoms with Gasteiger partial charge >= 0.3 is 0 Å². The number of hydrogen-bond acceptors (Lipinski definition) is 2. The van der Waals surface area contributed by atoms with Crippen molar-refractivity contribution >= 4 is 0 Å². The zero-order chi connectivity index (χ0) is 11.8. The minimum atomic E-state index is 0.221. The summed E-state index contributed by atoms with van der Waals surface area (Å²) in [4.78, 5) is 4.78. The van der Waals surface area contributed by atoms with Crippen LogP contribution in [0.15, 0.2) is 6.20 Å². The fourth-order valence-electron chi connectivity index (χ4n) is 2.35. The Bertz CT molecular complexity index is 360. The van der Waals surface area contributed by atoms with Gasteiger partial charge in [0.05, 0.1) is 11.7 Å². The van der Waals surface area contributed by atoms with Crippen molar-refractivity contribution in [2.24, 2.45) is 5.41 Å². The summed E-state index contributed by atoms with van der Waals surface area (Å²) >= 11 is 0. The predicted molar refractivity (Wildman–Crippen MR) is 66.4 cm³/mol. The SMILES string of the molecule is CCc1cn2c(n1)[C@@H](C(C)(C)C)NCCC2. The van der Waals surface area contributed by atoms with Crippen LogP contribution in [-0.2, 0) is 13.0 Å². The number of fused-ring (bicyclic) bond motifs is 1. The Labute approximate surface area is 98.3 Å². The van der Waals surface area contributed by atoms with Crippen LogP contribution in [0.4, 0.5) is 0 Å². The molecule has 1 N–H and O–H groups in total. The summed E-state index contributed by atoms with van der Waals surface area (Å²) in [6, 6.07) is 0.371. The molecule has 1 aliphatic rings. The van der Waals surface area contributed by atoms with Crippen molar-refractivity contribution in [2.45, 2.75) is 53.1 Å². The Kier molecular flexibility index (Phi) is 3.06. The third kappa shape index (κ3) is 2.14. The summed E-state index contributed by atoms with van der Waals surface area (Å²) in [5.41, 5.74) is 1.44. The third-order valence-electron chi connectivity index (χ3n) is 3.27. The van der Waals surface area contributed by atoms with E-state index in [1.165, 1.54) is 17.9 Å². The molecule has 0 radical (unpaired) electrons. The van der Waals surface area contributed by atoms with E-state index >= 15 is 0 Å². The molecule has 1 aromatic rings. The van der Waals surface area contributed by atoms with Gasteiger partial charge in [0.25, 0.3) is 0 Å². The normalized spacial score (nSPS) is 21.6. The Morgan fingerprint density at radius 2 is 2.25 bits per heavy atom. The lowest BCUT2D eigenvalue weighted by Gasteiger charge is -2.29. The van der Waals surface area contributed by atoms with Crippen LogP contribution in [0.1, 0.15) is 51.7 Å². The monoisotopic (exact) mass is 221 g/mol.